The summed E-state index contributed by atoms with van der Waals surface area (Å²) in [6, 6.07) is 0.631. The molecule has 1 N–H and O–H groups in total. The van der Waals surface area contributed by atoms with E-state index in [2.05, 4.69) is 4.90 Å². The van der Waals surface area contributed by atoms with Crippen LogP contribution in [0.2, 0.25) is 0 Å². The summed E-state index contributed by atoms with van der Waals surface area (Å²) in [5.74, 6) is 0. The van der Waals surface area contributed by atoms with Crippen LogP contribution in [-0.2, 0) is 14.2 Å². The topological polar surface area (TPSA) is 51.2 Å². The van der Waals surface area contributed by atoms with Crippen LogP contribution in [0.15, 0.2) is 0 Å². The normalized spacial score (nSPS) is 19.2. The first-order valence-electron chi connectivity index (χ1n) is 6.69. The Labute approximate surface area is 110 Å². The van der Waals surface area contributed by atoms with Gasteiger partial charge in [0.05, 0.1) is 32.0 Å². The van der Waals surface area contributed by atoms with Gasteiger partial charge in [-0.05, 0) is 19.8 Å². The predicted octanol–water partition coefficient (Wildman–Crippen LogP) is 0.510. The van der Waals surface area contributed by atoms with Crippen molar-refractivity contribution in [1.82, 2.24) is 4.90 Å². The average Bonchev–Trinajstić information content (AvgIpc) is 3.16. The number of rotatable bonds is 11. The molecule has 0 aromatic rings. The Balaban J connectivity index is 2.17. The lowest BCUT2D eigenvalue weighted by Gasteiger charge is -2.25. The molecular formula is C13H27NO4. The van der Waals surface area contributed by atoms with E-state index in [0.717, 1.165) is 6.54 Å². The maximum atomic E-state index is 9.96. The first-order valence-corrected chi connectivity index (χ1v) is 6.69. The quantitative estimate of drug-likeness (QED) is 0.587. The van der Waals surface area contributed by atoms with E-state index in [9.17, 15) is 5.11 Å². The minimum absolute atomic E-state index is 0.0259. The van der Waals surface area contributed by atoms with Gasteiger partial charge in [-0.3, -0.25) is 4.90 Å². The lowest BCUT2D eigenvalue weighted by atomic mass is 10.3. The Bertz CT molecular complexity index is 211. The molecule has 1 fully saturated rings. The second-order valence-electron chi connectivity index (χ2n) is 4.97. The van der Waals surface area contributed by atoms with Crippen LogP contribution in [0.1, 0.15) is 19.8 Å². The third-order valence-corrected chi connectivity index (χ3v) is 3.07. The van der Waals surface area contributed by atoms with Crippen molar-refractivity contribution in [3.8, 4) is 0 Å². The van der Waals surface area contributed by atoms with Crippen molar-refractivity contribution in [2.45, 2.75) is 38.0 Å². The van der Waals surface area contributed by atoms with Crippen molar-refractivity contribution in [2.75, 3.05) is 47.1 Å². The lowest BCUT2D eigenvalue weighted by molar-refractivity contribution is -0.0415. The summed E-state index contributed by atoms with van der Waals surface area (Å²) in [6.07, 6.45) is 2.05. The van der Waals surface area contributed by atoms with Crippen molar-refractivity contribution in [3.05, 3.63) is 0 Å². The summed E-state index contributed by atoms with van der Waals surface area (Å²) in [7, 11) is 3.35. The Morgan fingerprint density at radius 3 is 2.50 bits per heavy atom. The highest BCUT2D eigenvalue weighted by Crippen LogP contribution is 2.26. The smallest absolute Gasteiger partial charge is 0.0900 e. The van der Waals surface area contributed by atoms with Gasteiger partial charge in [0, 0.05) is 33.4 Å². The fourth-order valence-corrected chi connectivity index (χ4v) is 1.95. The lowest BCUT2D eigenvalue weighted by Crippen LogP contribution is -2.39. The summed E-state index contributed by atoms with van der Waals surface area (Å²) in [5.41, 5.74) is 0. The largest absolute Gasteiger partial charge is 0.389 e. The van der Waals surface area contributed by atoms with Gasteiger partial charge in [-0.2, -0.15) is 0 Å². The SMILES string of the molecule is COCCN(CC(O)COC(C)COC)C1CC1. The van der Waals surface area contributed by atoms with Gasteiger partial charge < -0.3 is 19.3 Å². The zero-order valence-electron chi connectivity index (χ0n) is 11.8. The molecule has 0 amide bonds. The van der Waals surface area contributed by atoms with E-state index in [1.165, 1.54) is 12.8 Å². The van der Waals surface area contributed by atoms with Crippen LogP contribution in [0.25, 0.3) is 0 Å². The summed E-state index contributed by atoms with van der Waals surface area (Å²) < 4.78 is 15.6. The van der Waals surface area contributed by atoms with E-state index in [0.29, 0.717) is 32.4 Å². The fraction of sp³-hybridized carbons (Fsp3) is 1.00. The van der Waals surface area contributed by atoms with Gasteiger partial charge in [0.1, 0.15) is 0 Å². The number of aliphatic hydroxyl groups excluding tert-OH is 1. The van der Waals surface area contributed by atoms with Crippen LogP contribution < -0.4 is 0 Å². The van der Waals surface area contributed by atoms with E-state index in [-0.39, 0.29) is 6.10 Å². The van der Waals surface area contributed by atoms with Gasteiger partial charge in [-0.1, -0.05) is 0 Å². The van der Waals surface area contributed by atoms with Crippen molar-refractivity contribution in [2.24, 2.45) is 0 Å². The molecule has 2 unspecified atom stereocenters. The first kappa shape index (κ1) is 15.9. The van der Waals surface area contributed by atoms with E-state index in [4.69, 9.17) is 14.2 Å². The highest BCUT2D eigenvalue weighted by Gasteiger charge is 2.29. The Morgan fingerprint density at radius 1 is 1.22 bits per heavy atom. The zero-order chi connectivity index (χ0) is 13.4. The molecule has 2 atom stereocenters. The van der Waals surface area contributed by atoms with E-state index in [1.807, 2.05) is 6.92 Å². The molecule has 18 heavy (non-hydrogen) atoms. The van der Waals surface area contributed by atoms with E-state index < -0.39 is 6.10 Å². The minimum atomic E-state index is -0.443. The number of ether oxygens (including phenoxy) is 3. The highest BCUT2D eigenvalue weighted by atomic mass is 16.5. The number of hydrogen-bond acceptors (Lipinski definition) is 5. The second-order valence-corrected chi connectivity index (χ2v) is 4.97. The standard InChI is InChI=1S/C13H27NO4/c1-11(9-17-3)18-10-13(15)8-14(6-7-16-2)12-4-5-12/h11-13,15H,4-10H2,1-3H3. The maximum absolute atomic E-state index is 9.96. The molecule has 0 aliphatic heterocycles. The van der Waals surface area contributed by atoms with Crippen LogP contribution in [0.3, 0.4) is 0 Å². The van der Waals surface area contributed by atoms with Crippen LogP contribution >= 0.6 is 0 Å². The molecule has 0 radical (unpaired) electrons. The molecule has 0 saturated heterocycles. The molecule has 1 rings (SSSR count). The van der Waals surface area contributed by atoms with Gasteiger partial charge in [0.25, 0.3) is 0 Å². The summed E-state index contributed by atoms with van der Waals surface area (Å²) in [6.45, 7) is 5.12. The molecule has 1 aliphatic carbocycles. The Morgan fingerprint density at radius 2 is 1.94 bits per heavy atom. The van der Waals surface area contributed by atoms with Crippen molar-refractivity contribution >= 4 is 0 Å². The fourth-order valence-electron chi connectivity index (χ4n) is 1.95. The van der Waals surface area contributed by atoms with Gasteiger partial charge in [0.15, 0.2) is 0 Å². The number of aliphatic hydroxyl groups is 1. The van der Waals surface area contributed by atoms with E-state index >= 15 is 0 Å². The monoisotopic (exact) mass is 261 g/mol. The van der Waals surface area contributed by atoms with Gasteiger partial charge in [-0.25, -0.2) is 0 Å². The molecule has 1 saturated carbocycles. The molecule has 0 aromatic heterocycles. The van der Waals surface area contributed by atoms with Gasteiger partial charge in [0.2, 0.25) is 0 Å². The molecule has 0 aromatic carbocycles. The number of hydrogen-bond donors (Lipinski definition) is 1. The van der Waals surface area contributed by atoms with Crippen molar-refractivity contribution in [3.63, 3.8) is 0 Å². The van der Waals surface area contributed by atoms with Crippen LogP contribution in [0, 0.1) is 0 Å². The molecule has 1 aliphatic rings. The van der Waals surface area contributed by atoms with E-state index in [1.54, 1.807) is 14.2 Å². The van der Waals surface area contributed by atoms with Crippen molar-refractivity contribution in [1.29, 1.82) is 0 Å². The number of methoxy groups -OCH3 is 2. The highest BCUT2D eigenvalue weighted by molar-refractivity contribution is 4.85. The summed E-state index contributed by atoms with van der Waals surface area (Å²) in [4.78, 5) is 2.29. The van der Waals surface area contributed by atoms with Gasteiger partial charge >= 0.3 is 0 Å². The van der Waals surface area contributed by atoms with Crippen LogP contribution in [-0.4, -0.2) is 75.4 Å². The average molecular weight is 261 g/mol. The Kier molecular flexibility index (Phi) is 7.77. The second kappa shape index (κ2) is 8.82. The third kappa shape index (κ3) is 6.66. The minimum Gasteiger partial charge on any atom is -0.389 e. The zero-order valence-corrected chi connectivity index (χ0v) is 11.8. The van der Waals surface area contributed by atoms with Crippen molar-refractivity contribution < 1.29 is 19.3 Å². The first-order chi connectivity index (χ1) is 8.67. The molecular weight excluding hydrogens is 234 g/mol. The van der Waals surface area contributed by atoms with Crippen LogP contribution in [0.5, 0.6) is 0 Å². The molecule has 5 heteroatoms. The molecule has 108 valence electrons. The maximum Gasteiger partial charge on any atom is 0.0900 e. The Hall–Kier alpha value is -0.200. The number of nitrogens with zero attached hydrogens (tertiary/aromatic N) is 1. The molecule has 0 spiro atoms. The predicted molar refractivity (Wildman–Crippen MR) is 69.8 cm³/mol. The third-order valence-electron chi connectivity index (χ3n) is 3.07. The van der Waals surface area contributed by atoms with Gasteiger partial charge in [-0.15, -0.1) is 0 Å². The molecule has 0 heterocycles. The summed E-state index contributed by atoms with van der Waals surface area (Å²) >= 11 is 0. The van der Waals surface area contributed by atoms with Crippen LogP contribution in [0.4, 0.5) is 0 Å². The molecule has 0 bridgehead atoms. The summed E-state index contributed by atoms with van der Waals surface area (Å²) in [5, 5.41) is 9.96. The molecule has 5 nitrogen and oxygen atoms in total.